The molecule has 0 unspecified atom stereocenters. The van der Waals surface area contributed by atoms with Crippen LogP contribution in [0, 0.1) is 0 Å². The molecule has 8 nitrogen and oxygen atoms in total. The summed E-state index contributed by atoms with van der Waals surface area (Å²) in [4.78, 5) is 23.7. The standard InChI is InChI=1S/C17H16N4O4/c1-3-13-16-14(20(19-13)10-15(22)23)8-18-21(17(16)24)9-11-4-6-12(25-2)7-5-11/h3-8H,1,9-10H2,2H3,(H,22,23). The van der Waals surface area contributed by atoms with Gasteiger partial charge in [0.15, 0.2) is 0 Å². The molecular weight excluding hydrogens is 324 g/mol. The number of fused-ring (bicyclic) bond motifs is 1. The Kier molecular flexibility index (Phi) is 4.34. The van der Waals surface area contributed by atoms with E-state index in [9.17, 15) is 9.59 Å². The van der Waals surface area contributed by atoms with Gasteiger partial charge in [-0.15, -0.1) is 0 Å². The zero-order chi connectivity index (χ0) is 18.0. The third-order valence-corrected chi connectivity index (χ3v) is 3.76. The molecular formula is C17H16N4O4. The van der Waals surface area contributed by atoms with Crippen molar-refractivity contribution in [2.45, 2.75) is 13.1 Å². The summed E-state index contributed by atoms with van der Waals surface area (Å²) in [6.07, 6.45) is 2.88. The Bertz CT molecular complexity index is 1000. The van der Waals surface area contributed by atoms with E-state index in [0.717, 1.165) is 11.3 Å². The van der Waals surface area contributed by atoms with Crippen LogP contribution in [0.3, 0.4) is 0 Å². The van der Waals surface area contributed by atoms with Gasteiger partial charge >= 0.3 is 5.97 Å². The van der Waals surface area contributed by atoms with Crippen LogP contribution in [0.25, 0.3) is 17.0 Å². The first-order valence-electron chi connectivity index (χ1n) is 7.47. The molecule has 0 aliphatic carbocycles. The van der Waals surface area contributed by atoms with E-state index in [2.05, 4.69) is 16.8 Å². The summed E-state index contributed by atoms with van der Waals surface area (Å²) in [5.41, 5.74) is 1.24. The number of rotatable bonds is 6. The molecule has 8 heteroatoms. The van der Waals surface area contributed by atoms with Crippen molar-refractivity contribution >= 4 is 22.9 Å². The molecule has 3 rings (SSSR count). The molecule has 2 aromatic heterocycles. The van der Waals surface area contributed by atoms with E-state index in [4.69, 9.17) is 9.84 Å². The third-order valence-electron chi connectivity index (χ3n) is 3.76. The summed E-state index contributed by atoms with van der Waals surface area (Å²) in [5.74, 6) is -0.328. The van der Waals surface area contributed by atoms with Crippen LogP contribution in [0.5, 0.6) is 5.75 Å². The fourth-order valence-electron chi connectivity index (χ4n) is 2.56. The van der Waals surface area contributed by atoms with Gasteiger partial charge in [-0.1, -0.05) is 18.7 Å². The van der Waals surface area contributed by atoms with Crippen LogP contribution in [0.4, 0.5) is 0 Å². The van der Waals surface area contributed by atoms with E-state index in [1.54, 1.807) is 19.2 Å². The maximum Gasteiger partial charge on any atom is 0.325 e. The van der Waals surface area contributed by atoms with E-state index < -0.39 is 5.97 Å². The largest absolute Gasteiger partial charge is 0.497 e. The van der Waals surface area contributed by atoms with Gasteiger partial charge < -0.3 is 9.84 Å². The number of carbonyl (C=O) groups is 1. The number of nitrogens with zero attached hydrogens (tertiary/aromatic N) is 4. The number of methoxy groups -OCH3 is 1. The highest BCUT2D eigenvalue weighted by molar-refractivity contribution is 5.86. The first-order valence-corrected chi connectivity index (χ1v) is 7.47. The number of aliphatic carboxylic acids is 1. The third kappa shape index (κ3) is 3.14. The summed E-state index contributed by atoms with van der Waals surface area (Å²) < 4.78 is 7.66. The van der Waals surface area contributed by atoms with Gasteiger partial charge in [0.25, 0.3) is 5.56 Å². The fourth-order valence-corrected chi connectivity index (χ4v) is 2.56. The second kappa shape index (κ2) is 6.60. The molecule has 1 N–H and O–H groups in total. The molecule has 0 fully saturated rings. The van der Waals surface area contributed by atoms with Crippen molar-refractivity contribution in [3.05, 3.63) is 58.7 Å². The molecule has 0 saturated heterocycles. The van der Waals surface area contributed by atoms with Gasteiger partial charge in [-0.2, -0.15) is 10.2 Å². The highest BCUT2D eigenvalue weighted by Gasteiger charge is 2.16. The van der Waals surface area contributed by atoms with Crippen molar-refractivity contribution in [3.8, 4) is 5.75 Å². The molecule has 0 aliphatic rings. The van der Waals surface area contributed by atoms with Crippen LogP contribution < -0.4 is 10.3 Å². The Morgan fingerprint density at radius 1 is 1.32 bits per heavy atom. The summed E-state index contributed by atoms with van der Waals surface area (Å²) in [6.45, 7) is 3.57. The van der Waals surface area contributed by atoms with Gasteiger partial charge in [-0.25, -0.2) is 4.68 Å². The molecule has 1 aromatic carbocycles. The van der Waals surface area contributed by atoms with Gasteiger partial charge in [-0.3, -0.25) is 14.3 Å². The second-order valence-electron chi connectivity index (χ2n) is 5.36. The lowest BCUT2D eigenvalue weighted by molar-refractivity contribution is -0.137. The molecule has 0 bridgehead atoms. The monoisotopic (exact) mass is 340 g/mol. The number of ether oxygens (including phenoxy) is 1. The average Bonchev–Trinajstić information content (AvgIpc) is 2.95. The minimum absolute atomic E-state index is 0.277. The van der Waals surface area contributed by atoms with Crippen molar-refractivity contribution in [1.29, 1.82) is 0 Å². The molecule has 0 aliphatic heterocycles. The smallest absolute Gasteiger partial charge is 0.325 e. The first-order chi connectivity index (χ1) is 12.0. The maximum atomic E-state index is 12.8. The summed E-state index contributed by atoms with van der Waals surface area (Å²) >= 11 is 0. The molecule has 0 spiro atoms. The molecule has 3 aromatic rings. The van der Waals surface area contributed by atoms with Gasteiger partial charge in [0, 0.05) is 0 Å². The van der Waals surface area contributed by atoms with Crippen molar-refractivity contribution < 1.29 is 14.6 Å². The fraction of sp³-hybridized carbons (Fsp3) is 0.176. The Morgan fingerprint density at radius 3 is 2.64 bits per heavy atom. The predicted octanol–water partition coefficient (Wildman–Crippen LogP) is 1.38. The first kappa shape index (κ1) is 16.4. The molecule has 0 atom stereocenters. The lowest BCUT2D eigenvalue weighted by Crippen LogP contribution is -2.23. The van der Waals surface area contributed by atoms with Crippen LogP contribution in [-0.4, -0.2) is 37.7 Å². The topological polar surface area (TPSA) is 99.2 Å². The Hall–Kier alpha value is -3.42. The van der Waals surface area contributed by atoms with Gasteiger partial charge in [0.2, 0.25) is 0 Å². The average molecular weight is 340 g/mol. The minimum atomic E-state index is -1.05. The maximum absolute atomic E-state index is 12.8. The van der Waals surface area contributed by atoms with Crippen LogP contribution >= 0.6 is 0 Å². The van der Waals surface area contributed by atoms with Gasteiger partial charge in [0.1, 0.15) is 12.3 Å². The van der Waals surface area contributed by atoms with Crippen molar-refractivity contribution in [3.63, 3.8) is 0 Å². The number of carboxylic acid groups (broad SMARTS) is 1. The quantitative estimate of drug-likeness (QED) is 0.728. The van der Waals surface area contributed by atoms with Crippen LogP contribution in [-0.2, 0) is 17.9 Å². The summed E-state index contributed by atoms with van der Waals surface area (Å²) in [6, 6.07) is 7.30. The molecule has 25 heavy (non-hydrogen) atoms. The van der Waals surface area contributed by atoms with Crippen molar-refractivity contribution in [1.82, 2.24) is 19.6 Å². The normalized spacial score (nSPS) is 10.8. The highest BCUT2D eigenvalue weighted by Crippen LogP contribution is 2.16. The van der Waals surface area contributed by atoms with Gasteiger partial charge in [-0.05, 0) is 23.8 Å². The van der Waals surface area contributed by atoms with Gasteiger partial charge in [0.05, 0.1) is 36.4 Å². The van der Waals surface area contributed by atoms with E-state index in [1.165, 1.54) is 21.6 Å². The molecule has 0 saturated carbocycles. The Morgan fingerprint density at radius 2 is 2.04 bits per heavy atom. The molecule has 0 amide bonds. The summed E-state index contributed by atoms with van der Waals surface area (Å²) in [7, 11) is 1.58. The van der Waals surface area contributed by atoms with Crippen LogP contribution in [0.1, 0.15) is 11.3 Å². The number of hydrogen-bond donors (Lipinski definition) is 1. The zero-order valence-electron chi connectivity index (χ0n) is 13.5. The minimum Gasteiger partial charge on any atom is -0.497 e. The van der Waals surface area contributed by atoms with Crippen molar-refractivity contribution in [2.75, 3.05) is 7.11 Å². The van der Waals surface area contributed by atoms with Crippen molar-refractivity contribution in [2.24, 2.45) is 0 Å². The SMILES string of the molecule is C=Cc1nn(CC(=O)O)c2cnn(Cc3ccc(OC)cc3)c(=O)c12. The van der Waals surface area contributed by atoms with E-state index in [1.807, 2.05) is 12.1 Å². The highest BCUT2D eigenvalue weighted by atomic mass is 16.5. The summed E-state index contributed by atoms with van der Waals surface area (Å²) in [5, 5.41) is 17.5. The predicted molar refractivity (Wildman–Crippen MR) is 91.6 cm³/mol. The lowest BCUT2D eigenvalue weighted by Gasteiger charge is -2.06. The number of benzene rings is 1. The van der Waals surface area contributed by atoms with E-state index in [0.29, 0.717) is 16.6 Å². The lowest BCUT2D eigenvalue weighted by atomic mass is 10.2. The molecule has 2 heterocycles. The Labute approximate surface area is 142 Å². The number of aromatic nitrogens is 4. The van der Waals surface area contributed by atoms with E-state index in [-0.39, 0.29) is 18.6 Å². The number of carboxylic acids is 1. The van der Waals surface area contributed by atoms with E-state index >= 15 is 0 Å². The zero-order valence-corrected chi connectivity index (χ0v) is 13.5. The number of hydrogen-bond acceptors (Lipinski definition) is 5. The van der Waals surface area contributed by atoms with Crippen LogP contribution in [0.15, 0.2) is 41.8 Å². The van der Waals surface area contributed by atoms with Crippen LogP contribution in [0.2, 0.25) is 0 Å². The Balaban J connectivity index is 2.05. The molecule has 0 radical (unpaired) electrons. The molecule has 128 valence electrons. The second-order valence-corrected chi connectivity index (χ2v) is 5.36.